The van der Waals surface area contributed by atoms with Crippen molar-refractivity contribution < 1.29 is 18.8 Å². The molecule has 2 rings (SSSR count). The van der Waals surface area contributed by atoms with Crippen LogP contribution in [0.2, 0.25) is 0 Å². The molecule has 0 saturated heterocycles. The lowest BCUT2D eigenvalue weighted by molar-refractivity contribution is 0.0612. The van der Waals surface area contributed by atoms with Gasteiger partial charge < -0.3 is 18.9 Å². The minimum absolute atomic E-state index is 0.0772. The first-order valence-corrected chi connectivity index (χ1v) is 7.13. The Kier molecular flexibility index (Phi) is 5.16. The Morgan fingerprint density at radius 2 is 2.14 bits per heavy atom. The zero-order valence-electron chi connectivity index (χ0n) is 12.3. The van der Waals surface area contributed by atoms with Crippen LogP contribution in [0.1, 0.15) is 37.2 Å². The van der Waals surface area contributed by atoms with Crippen LogP contribution in [0.15, 0.2) is 33.4 Å². The first kappa shape index (κ1) is 15.3. The Balaban J connectivity index is 2.20. The molecule has 2 heterocycles. The molecule has 6 nitrogen and oxygen atoms in total. The van der Waals surface area contributed by atoms with Crippen LogP contribution in [0.3, 0.4) is 0 Å². The van der Waals surface area contributed by atoms with E-state index in [0.717, 1.165) is 12.8 Å². The fourth-order valence-electron chi connectivity index (χ4n) is 2.35. The Bertz CT molecular complexity index is 558. The standard InChI is InChI=1S/C15H20N2O4/c1-3-11(4-2)17(7-8-18)15(19)12-10-14(21-16-12)13-6-5-9-20-13/h5-6,9-11,18H,3-4,7-8H2,1-2H3. The van der Waals surface area contributed by atoms with E-state index >= 15 is 0 Å². The minimum atomic E-state index is -0.237. The molecule has 0 radical (unpaired) electrons. The fraction of sp³-hybridized carbons (Fsp3) is 0.467. The van der Waals surface area contributed by atoms with Crippen LogP contribution in [0.5, 0.6) is 0 Å². The van der Waals surface area contributed by atoms with Crippen molar-refractivity contribution in [2.24, 2.45) is 0 Å². The summed E-state index contributed by atoms with van der Waals surface area (Å²) in [7, 11) is 0. The number of hydrogen-bond acceptors (Lipinski definition) is 5. The molecule has 2 aromatic rings. The van der Waals surface area contributed by atoms with Gasteiger partial charge in [0.1, 0.15) is 0 Å². The number of carbonyl (C=O) groups is 1. The summed E-state index contributed by atoms with van der Waals surface area (Å²) in [5.74, 6) is 0.703. The Labute approximate surface area is 123 Å². The zero-order chi connectivity index (χ0) is 15.2. The summed E-state index contributed by atoms with van der Waals surface area (Å²) in [6.07, 6.45) is 3.18. The zero-order valence-corrected chi connectivity index (χ0v) is 12.3. The van der Waals surface area contributed by atoms with Crippen LogP contribution in [-0.2, 0) is 0 Å². The van der Waals surface area contributed by atoms with Gasteiger partial charge in [-0.3, -0.25) is 4.79 Å². The molecule has 2 aromatic heterocycles. The SMILES string of the molecule is CCC(CC)N(CCO)C(=O)c1cc(-c2ccco2)on1. The lowest BCUT2D eigenvalue weighted by Crippen LogP contribution is -2.41. The third-order valence-corrected chi connectivity index (χ3v) is 3.48. The van der Waals surface area contributed by atoms with Gasteiger partial charge in [-0.15, -0.1) is 0 Å². The van der Waals surface area contributed by atoms with Crippen LogP contribution in [0.4, 0.5) is 0 Å². The maximum Gasteiger partial charge on any atom is 0.276 e. The van der Waals surface area contributed by atoms with Gasteiger partial charge >= 0.3 is 0 Å². The quantitative estimate of drug-likeness (QED) is 0.848. The normalized spacial score (nSPS) is 11.0. The molecule has 0 bridgehead atoms. The number of furan rings is 1. The second kappa shape index (κ2) is 7.08. The molecule has 1 N–H and O–H groups in total. The van der Waals surface area contributed by atoms with Gasteiger partial charge in [-0.05, 0) is 25.0 Å². The summed E-state index contributed by atoms with van der Waals surface area (Å²) in [6, 6.07) is 5.12. The molecular formula is C15H20N2O4. The fourth-order valence-corrected chi connectivity index (χ4v) is 2.35. The number of aromatic nitrogens is 1. The van der Waals surface area contributed by atoms with E-state index in [-0.39, 0.29) is 30.8 Å². The molecule has 114 valence electrons. The molecule has 0 spiro atoms. The number of nitrogens with zero attached hydrogens (tertiary/aromatic N) is 2. The lowest BCUT2D eigenvalue weighted by atomic mass is 10.1. The van der Waals surface area contributed by atoms with E-state index in [9.17, 15) is 9.90 Å². The minimum Gasteiger partial charge on any atom is -0.461 e. The molecule has 0 fully saturated rings. The number of aliphatic hydroxyl groups excluding tert-OH is 1. The maximum absolute atomic E-state index is 12.5. The van der Waals surface area contributed by atoms with Gasteiger partial charge in [0.2, 0.25) is 5.76 Å². The average Bonchev–Trinajstić information content (AvgIpc) is 3.17. The second-order valence-corrected chi connectivity index (χ2v) is 4.75. The molecule has 6 heteroatoms. The molecule has 0 atom stereocenters. The second-order valence-electron chi connectivity index (χ2n) is 4.75. The van der Waals surface area contributed by atoms with Gasteiger partial charge in [-0.2, -0.15) is 0 Å². The summed E-state index contributed by atoms with van der Waals surface area (Å²) >= 11 is 0. The van der Waals surface area contributed by atoms with Crippen molar-refractivity contribution in [1.29, 1.82) is 0 Å². The van der Waals surface area contributed by atoms with E-state index in [1.807, 2.05) is 13.8 Å². The largest absolute Gasteiger partial charge is 0.461 e. The summed E-state index contributed by atoms with van der Waals surface area (Å²) in [6.45, 7) is 4.24. The number of hydrogen-bond donors (Lipinski definition) is 1. The van der Waals surface area contributed by atoms with Crippen molar-refractivity contribution >= 4 is 5.91 Å². The lowest BCUT2D eigenvalue weighted by Gasteiger charge is -2.29. The number of rotatable bonds is 7. The van der Waals surface area contributed by atoms with E-state index in [1.165, 1.54) is 6.26 Å². The van der Waals surface area contributed by atoms with Crippen molar-refractivity contribution in [3.8, 4) is 11.5 Å². The predicted octanol–water partition coefficient (Wildman–Crippen LogP) is 2.56. The molecule has 0 unspecified atom stereocenters. The van der Waals surface area contributed by atoms with Crippen molar-refractivity contribution in [2.75, 3.05) is 13.2 Å². The highest BCUT2D eigenvalue weighted by molar-refractivity contribution is 5.93. The summed E-state index contributed by atoms with van der Waals surface area (Å²) in [5.41, 5.74) is 0.224. The third kappa shape index (κ3) is 3.33. The van der Waals surface area contributed by atoms with Gasteiger partial charge in [0.05, 0.1) is 12.9 Å². The van der Waals surface area contributed by atoms with Crippen molar-refractivity contribution in [3.05, 3.63) is 30.2 Å². The maximum atomic E-state index is 12.5. The highest BCUT2D eigenvalue weighted by atomic mass is 16.5. The molecule has 1 amide bonds. The number of carbonyl (C=O) groups excluding carboxylic acids is 1. The summed E-state index contributed by atoms with van der Waals surface area (Å²) in [5, 5.41) is 13.0. The van der Waals surface area contributed by atoms with Gasteiger partial charge in [0.25, 0.3) is 5.91 Å². The highest BCUT2D eigenvalue weighted by Crippen LogP contribution is 2.22. The molecule has 0 aliphatic heterocycles. The smallest absolute Gasteiger partial charge is 0.276 e. The molecule has 0 aromatic carbocycles. The first-order valence-electron chi connectivity index (χ1n) is 7.13. The van der Waals surface area contributed by atoms with E-state index < -0.39 is 0 Å². The Morgan fingerprint density at radius 3 is 2.71 bits per heavy atom. The van der Waals surface area contributed by atoms with Crippen LogP contribution >= 0.6 is 0 Å². The van der Waals surface area contributed by atoms with E-state index in [1.54, 1.807) is 23.1 Å². The number of aliphatic hydroxyl groups is 1. The molecule has 21 heavy (non-hydrogen) atoms. The van der Waals surface area contributed by atoms with Crippen LogP contribution < -0.4 is 0 Å². The first-order chi connectivity index (χ1) is 10.2. The Morgan fingerprint density at radius 1 is 1.38 bits per heavy atom. The summed E-state index contributed by atoms with van der Waals surface area (Å²) in [4.78, 5) is 14.2. The molecule has 0 saturated carbocycles. The van der Waals surface area contributed by atoms with Crippen molar-refractivity contribution in [1.82, 2.24) is 10.1 Å². The van der Waals surface area contributed by atoms with E-state index in [0.29, 0.717) is 11.5 Å². The Hall–Kier alpha value is -2.08. The molecule has 0 aliphatic rings. The predicted molar refractivity (Wildman–Crippen MR) is 76.7 cm³/mol. The van der Waals surface area contributed by atoms with Crippen LogP contribution in [0, 0.1) is 0 Å². The van der Waals surface area contributed by atoms with Crippen molar-refractivity contribution in [2.45, 2.75) is 32.7 Å². The average molecular weight is 292 g/mol. The highest BCUT2D eigenvalue weighted by Gasteiger charge is 2.25. The van der Waals surface area contributed by atoms with Crippen LogP contribution in [-0.4, -0.2) is 40.3 Å². The van der Waals surface area contributed by atoms with E-state index in [4.69, 9.17) is 8.94 Å². The molecular weight excluding hydrogens is 272 g/mol. The number of amides is 1. The van der Waals surface area contributed by atoms with Crippen LogP contribution in [0.25, 0.3) is 11.5 Å². The molecule has 0 aliphatic carbocycles. The summed E-state index contributed by atoms with van der Waals surface area (Å²) < 4.78 is 10.4. The van der Waals surface area contributed by atoms with Gasteiger partial charge in [-0.25, -0.2) is 0 Å². The van der Waals surface area contributed by atoms with Gasteiger partial charge in [0.15, 0.2) is 11.5 Å². The van der Waals surface area contributed by atoms with Crippen molar-refractivity contribution in [3.63, 3.8) is 0 Å². The van der Waals surface area contributed by atoms with Gasteiger partial charge in [-0.1, -0.05) is 19.0 Å². The monoisotopic (exact) mass is 292 g/mol. The third-order valence-electron chi connectivity index (χ3n) is 3.48. The topological polar surface area (TPSA) is 79.7 Å². The van der Waals surface area contributed by atoms with Gasteiger partial charge in [0, 0.05) is 18.7 Å². The van der Waals surface area contributed by atoms with E-state index in [2.05, 4.69) is 5.16 Å².